The summed E-state index contributed by atoms with van der Waals surface area (Å²) in [5.74, 6) is -0.403. The van der Waals surface area contributed by atoms with Crippen molar-refractivity contribution in [3.05, 3.63) is 11.6 Å². The van der Waals surface area contributed by atoms with Crippen molar-refractivity contribution in [3.63, 3.8) is 0 Å². The lowest BCUT2D eigenvalue weighted by Crippen LogP contribution is -2.44. The fourth-order valence-electron chi connectivity index (χ4n) is 1.43. The van der Waals surface area contributed by atoms with E-state index in [9.17, 15) is 9.59 Å². The minimum Gasteiger partial charge on any atom is -0.465 e. The Labute approximate surface area is 95.4 Å². The number of carbonyl (C=O) groups is 2. The molecule has 0 saturated carbocycles. The third-order valence-electron chi connectivity index (χ3n) is 2.41. The third-order valence-corrected chi connectivity index (χ3v) is 2.41. The summed E-state index contributed by atoms with van der Waals surface area (Å²) in [6.07, 6.45) is 2.92. The Kier molecular flexibility index (Phi) is 4.82. The van der Waals surface area contributed by atoms with Crippen LogP contribution >= 0.6 is 0 Å². The van der Waals surface area contributed by atoms with Crippen LogP contribution in [0.15, 0.2) is 11.6 Å². The van der Waals surface area contributed by atoms with Crippen molar-refractivity contribution in [3.8, 4) is 0 Å². The molecule has 0 aromatic heterocycles. The van der Waals surface area contributed by atoms with Gasteiger partial charge in [-0.1, -0.05) is 11.6 Å². The maximum atomic E-state index is 11.6. The van der Waals surface area contributed by atoms with Crippen LogP contribution in [0.5, 0.6) is 0 Å². The molecule has 0 aromatic rings. The van der Waals surface area contributed by atoms with Crippen molar-refractivity contribution in [2.45, 2.75) is 20.3 Å². The summed E-state index contributed by atoms with van der Waals surface area (Å²) in [5.41, 5.74) is 1.30. The molecule has 2 amide bonds. The molecule has 16 heavy (non-hydrogen) atoms. The van der Waals surface area contributed by atoms with Gasteiger partial charge in [-0.2, -0.15) is 0 Å². The number of nitrogens with zero attached hydrogens (tertiary/aromatic N) is 1. The minimum absolute atomic E-state index is 0.0636. The maximum Gasteiger partial charge on any atom is 0.325 e. The quantitative estimate of drug-likeness (QED) is 0.575. The van der Waals surface area contributed by atoms with Gasteiger partial charge in [0.25, 0.3) is 0 Å². The van der Waals surface area contributed by atoms with E-state index in [-0.39, 0.29) is 12.6 Å². The summed E-state index contributed by atoms with van der Waals surface area (Å²) >= 11 is 0. The Morgan fingerprint density at radius 1 is 1.56 bits per heavy atom. The fraction of sp³-hybridized carbons (Fsp3) is 0.636. The fourth-order valence-corrected chi connectivity index (χ4v) is 1.43. The second kappa shape index (κ2) is 6.15. The van der Waals surface area contributed by atoms with E-state index >= 15 is 0 Å². The van der Waals surface area contributed by atoms with E-state index in [0.29, 0.717) is 19.7 Å². The normalized spacial score (nSPS) is 15.4. The van der Waals surface area contributed by atoms with Crippen LogP contribution in [0.25, 0.3) is 0 Å². The van der Waals surface area contributed by atoms with E-state index in [4.69, 9.17) is 4.74 Å². The Morgan fingerprint density at radius 3 is 2.88 bits per heavy atom. The number of amides is 2. The second-order valence-corrected chi connectivity index (χ2v) is 3.71. The molecular formula is C11H18N2O3. The molecule has 0 saturated heterocycles. The Hall–Kier alpha value is -1.52. The first-order chi connectivity index (χ1) is 7.63. The maximum absolute atomic E-state index is 11.6. The van der Waals surface area contributed by atoms with Crippen molar-refractivity contribution >= 4 is 12.0 Å². The summed E-state index contributed by atoms with van der Waals surface area (Å²) in [5, 5.41) is 2.53. The zero-order valence-electron chi connectivity index (χ0n) is 9.78. The summed E-state index contributed by atoms with van der Waals surface area (Å²) in [6.45, 7) is 5.37. The highest BCUT2D eigenvalue weighted by atomic mass is 16.5. The van der Waals surface area contributed by atoms with Crippen LogP contribution in [0.3, 0.4) is 0 Å². The van der Waals surface area contributed by atoms with Gasteiger partial charge in [0.15, 0.2) is 0 Å². The second-order valence-electron chi connectivity index (χ2n) is 3.71. The van der Waals surface area contributed by atoms with Crippen molar-refractivity contribution in [2.75, 3.05) is 26.2 Å². The average molecular weight is 226 g/mol. The summed E-state index contributed by atoms with van der Waals surface area (Å²) in [6, 6.07) is -0.211. The number of urea groups is 1. The molecular weight excluding hydrogens is 208 g/mol. The van der Waals surface area contributed by atoms with Gasteiger partial charge in [0.05, 0.1) is 6.61 Å². The number of ether oxygens (including phenoxy) is 1. The molecule has 1 aliphatic rings. The van der Waals surface area contributed by atoms with Crippen LogP contribution in [0.1, 0.15) is 20.3 Å². The molecule has 1 aliphatic heterocycles. The van der Waals surface area contributed by atoms with Crippen molar-refractivity contribution < 1.29 is 14.3 Å². The molecule has 90 valence electrons. The van der Waals surface area contributed by atoms with Crippen LogP contribution in [0.4, 0.5) is 4.79 Å². The van der Waals surface area contributed by atoms with Gasteiger partial charge in [0, 0.05) is 13.1 Å². The molecule has 5 nitrogen and oxygen atoms in total. The van der Waals surface area contributed by atoms with Gasteiger partial charge in [0.1, 0.15) is 6.54 Å². The zero-order chi connectivity index (χ0) is 12.0. The molecule has 0 unspecified atom stereocenters. The van der Waals surface area contributed by atoms with Gasteiger partial charge in [-0.25, -0.2) is 4.79 Å². The lowest BCUT2D eigenvalue weighted by atomic mass is 10.1. The van der Waals surface area contributed by atoms with Gasteiger partial charge in [0.2, 0.25) is 0 Å². The smallest absolute Gasteiger partial charge is 0.325 e. The highest BCUT2D eigenvalue weighted by Crippen LogP contribution is 2.08. The lowest BCUT2D eigenvalue weighted by Gasteiger charge is -2.25. The minimum atomic E-state index is -0.403. The number of nitrogens with one attached hydrogen (secondary N) is 1. The van der Waals surface area contributed by atoms with Gasteiger partial charge in [-0.15, -0.1) is 0 Å². The van der Waals surface area contributed by atoms with E-state index < -0.39 is 5.97 Å². The molecule has 1 heterocycles. The Morgan fingerprint density at radius 2 is 2.31 bits per heavy atom. The SMILES string of the molecule is CCOC(=O)CNC(=O)N1CC=C(C)CC1. The van der Waals surface area contributed by atoms with Crippen LogP contribution in [-0.2, 0) is 9.53 Å². The van der Waals surface area contributed by atoms with E-state index in [1.165, 1.54) is 5.57 Å². The Balaban J connectivity index is 2.28. The van der Waals surface area contributed by atoms with Gasteiger partial charge in [-0.05, 0) is 20.3 Å². The van der Waals surface area contributed by atoms with E-state index in [2.05, 4.69) is 5.32 Å². The molecule has 0 fully saturated rings. The predicted molar refractivity (Wildman–Crippen MR) is 60.0 cm³/mol. The number of carbonyl (C=O) groups excluding carboxylic acids is 2. The molecule has 1 rings (SSSR count). The van der Waals surface area contributed by atoms with Gasteiger partial charge in [-0.3, -0.25) is 4.79 Å². The first-order valence-electron chi connectivity index (χ1n) is 5.47. The van der Waals surface area contributed by atoms with E-state index in [1.54, 1.807) is 11.8 Å². The molecule has 0 aliphatic carbocycles. The summed E-state index contributed by atoms with van der Waals surface area (Å²) in [4.78, 5) is 24.3. The van der Waals surface area contributed by atoms with Crippen molar-refractivity contribution in [2.24, 2.45) is 0 Å². The highest BCUT2D eigenvalue weighted by Gasteiger charge is 2.16. The third kappa shape index (κ3) is 3.92. The molecule has 0 bridgehead atoms. The van der Waals surface area contributed by atoms with E-state index in [0.717, 1.165) is 6.42 Å². The molecule has 0 spiro atoms. The average Bonchev–Trinajstić information content (AvgIpc) is 2.27. The molecule has 0 aromatic carbocycles. The number of rotatable bonds is 3. The van der Waals surface area contributed by atoms with Gasteiger partial charge < -0.3 is 15.0 Å². The molecule has 0 radical (unpaired) electrons. The summed E-state index contributed by atoms with van der Waals surface area (Å²) < 4.78 is 4.71. The molecule has 0 atom stereocenters. The largest absolute Gasteiger partial charge is 0.465 e. The van der Waals surface area contributed by atoms with Crippen LogP contribution < -0.4 is 5.32 Å². The van der Waals surface area contributed by atoms with E-state index in [1.807, 2.05) is 13.0 Å². The first-order valence-corrected chi connectivity index (χ1v) is 5.47. The van der Waals surface area contributed by atoms with Crippen molar-refractivity contribution in [1.82, 2.24) is 10.2 Å². The summed E-state index contributed by atoms with van der Waals surface area (Å²) in [7, 11) is 0. The monoisotopic (exact) mass is 226 g/mol. The van der Waals surface area contributed by atoms with Crippen LogP contribution in [0, 0.1) is 0 Å². The Bertz CT molecular complexity index is 300. The topological polar surface area (TPSA) is 58.6 Å². The van der Waals surface area contributed by atoms with Crippen LogP contribution in [-0.4, -0.2) is 43.1 Å². The van der Waals surface area contributed by atoms with Gasteiger partial charge >= 0.3 is 12.0 Å². The number of esters is 1. The molecule has 1 N–H and O–H groups in total. The standard InChI is InChI=1S/C11H18N2O3/c1-3-16-10(14)8-12-11(15)13-6-4-9(2)5-7-13/h4H,3,5-8H2,1-2H3,(H,12,15). The van der Waals surface area contributed by atoms with Crippen LogP contribution in [0.2, 0.25) is 0 Å². The number of hydrogen-bond donors (Lipinski definition) is 1. The predicted octanol–water partition coefficient (Wildman–Crippen LogP) is 0.911. The van der Waals surface area contributed by atoms with Crippen molar-refractivity contribution in [1.29, 1.82) is 0 Å². The number of hydrogen-bond acceptors (Lipinski definition) is 3. The first kappa shape index (κ1) is 12.5. The highest BCUT2D eigenvalue weighted by molar-refractivity contribution is 5.81. The molecule has 5 heteroatoms. The zero-order valence-corrected chi connectivity index (χ0v) is 9.78. The lowest BCUT2D eigenvalue weighted by molar-refractivity contribution is -0.141.